The minimum Gasteiger partial charge on any atom is -0.371 e. The molecule has 1 aliphatic heterocycles. The Morgan fingerprint density at radius 3 is 2.80 bits per heavy atom. The Bertz CT molecular complexity index is 367. The molecule has 5 heteroatoms. The summed E-state index contributed by atoms with van der Waals surface area (Å²) in [6.45, 7) is 1.77. The first-order valence-corrected chi connectivity index (χ1v) is 5.03. The van der Waals surface area contributed by atoms with Crippen LogP contribution >= 0.6 is 11.6 Å². The zero-order chi connectivity index (χ0) is 10.8. The number of morpholine rings is 1. The Morgan fingerprint density at radius 2 is 2.13 bits per heavy atom. The zero-order valence-electron chi connectivity index (χ0n) is 7.90. The van der Waals surface area contributed by atoms with Crippen LogP contribution in [0.3, 0.4) is 0 Å². The van der Waals surface area contributed by atoms with Gasteiger partial charge in [-0.15, -0.1) is 0 Å². The molecular formula is C10H10ClF2NO. The minimum absolute atomic E-state index is 0.0828. The van der Waals surface area contributed by atoms with Crippen LogP contribution in [0.5, 0.6) is 0 Å². The Kier molecular flexibility index (Phi) is 3.19. The standard InChI is InChI=1S/C10H10ClF2NO/c11-7-3-6(8(12)4-9(7)13)10-5-14-1-2-15-10/h3-4,10,14H,1-2,5H2. The largest absolute Gasteiger partial charge is 0.371 e. The molecule has 2 nitrogen and oxygen atoms in total. The van der Waals surface area contributed by atoms with Crippen molar-refractivity contribution >= 4 is 11.6 Å². The number of hydrogen-bond acceptors (Lipinski definition) is 2. The normalized spacial score (nSPS) is 21.7. The van der Waals surface area contributed by atoms with Crippen LogP contribution in [0.15, 0.2) is 12.1 Å². The van der Waals surface area contributed by atoms with Crippen LogP contribution in [-0.4, -0.2) is 19.7 Å². The second kappa shape index (κ2) is 4.43. The molecular weight excluding hydrogens is 224 g/mol. The quantitative estimate of drug-likeness (QED) is 0.752. The van der Waals surface area contributed by atoms with Crippen molar-refractivity contribution in [1.29, 1.82) is 0 Å². The van der Waals surface area contributed by atoms with Crippen LogP contribution in [0.4, 0.5) is 8.78 Å². The van der Waals surface area contributed by atoms with E-state index in [0.29, 0.717) is 18.7 Å². The number of benzene rings is 1. The van der Waals surface area contributed by atoms with E-state index < -0.39 is 17.7 Å². The van der Waals surface area contributed by atoms with Crippen molar-refractivity contribution in [3.8, 4) is 0 Å². The molecule has 1 N–H and O–H groups in total. The Labute approximate surface area is 91.2 Å². The number of ether oxygens (including phenoxy) is 1. The number of halogens is 3. The first-order chi connectivity index (χ1) is 7.18. The number of hydrogen-bond donors (Lipinski definition) is 1. The maximum absolute atomic E-state index is 13.4. The van der Waals surface area contributed by atoms with Gasteiger partial charge in [0, 0.05) is 24.7 Å². The summed E-state index contributed by atoms with van der Waals surface area (Å²) >= 11 is 5.59. The molecule has 1 aromatic rings. The van der Waals surface area contributed by atoms with Gasteiger partial charge in [0.15, 0.2) is 0 Å². The van der Waals surface area contributed by atoms with Gasteiger partial charge in [0.2, 0.25) is 0 Å². The Morgan fingerprint density at radius 1 is 1.33 bits per heavy atom. The van der Waals surface area contributed by atoms with E-state index >= 15 is 0 Å². The first kappa shape index (κ1) is 10.8. The highest BCUT2D eigenvalue weighted by molar-refractivity contribution is 6.30. The molecule has 1 saturated heterocycles. The fourth-order valence-electron chi connectivity index (χ4n) is 1.55. The predicted octanol–water partition coefficient (Wildman–Crippen LogP) is 2.28. The predicted molar refractivity (Wildman–Crippen MR) is 52.9 cm³/mol. The summed E-state index contributed by atoms with van der Waals surface area (Å²) in [7, 11) is 0. The maximum atomic E-state index is 13.4. The Balaban J connectivity index is 2.30. The van der Waals surface area contributed by atoms with E-state index in [4.69, 9.17) is 16.3 Å². The molecule has 1 aromatic carbocycles. The van der Waals surface area contributed by atoms with Gasteiger partial charge < -0.3 is 10.1 Å². The molecule has 0 bridgehead atoms. The molecule has 1 aliphatic rings. The molecule has 2 rings (SSSR count). The lowest BCUT2D eigenvalue weighted by Crippen LogP contribution is -2.33. The molecule has 1 fully saturated rings. The van der Waals surface area contributed by atoms with Crippen molar-refractivity contribution in [1.82, 2.24) is 5.32 Å². The lowest BCUT2D eigenvalue weighted by molar-refractivity contribution is 0.0255. The highest BCUT2D eigenvalue weighted by Crippen LogP contribution is 2.26. The summed E-state index contributed by atoms with van der Waals surface area (Å²) < 4.78 is 31.7. The van der Waals surface area contributed by atoms with Crippen LogP contribution < -0.4 is 5.32 Å². The molecule has 1 unspecified atom stereocenters. The van der Waals surface area contributed by atoms with E-state index in [0.717, 1.165) is 12.6 Å². The van der Waals surface area contributed by atoms with Crippen molar-refractivity contribution < 1.29 is 13.5 Å². The van der Waals surface area contributed by atoms with E-state index in [1.54, 1.807) is 0 Å². The minimum atomic E-state index is -0.748. The van der Waals surface area contributed by atoms with Crippen LogP contribution in [0, 0.1) is 11.6 Å². The van der Waals surface area contributed by atoms with Gasteiger partial charge in [0.25, 0.3) is 0 Å². The number of rotatable bonds is 1. The topological polar surface area (TPSA) is 21.3 Å². The van der Waals surface area contributed by atoms with E-state index in [1.807, 2.05) is 0 Å². The van der Waals surface area contributed by atoms with E-state index in [2.05, 4.69) is 5.32 Å². The van der Waals surface area contributed by atoms with Crippen LogP contribution in [-0.2, 0) is 4.74 Å². The molecule has 1 heterocycles. The maximum Gasteiger partial charge on any atom is 0.144 e. The zero-order valence-corrected chi connectivity index (χ0v) is 8.65. The van der Waals surface area contributed by atoms with Gasteiger partial charge >= 0.3 is 0 Å². The second-order valence-corrected chi connectivity index (χ2v) is 3.76. The molecule has 82 valence electrons. The van der Waals surface area contributed by atoms with Gasteiger partial charge in [-0.25, -0.2) is 8.78 Å². The van der Waals surface area contributed by atoms with Gasteiger partial charge in [0.1, 0.15) is 11.6 Å². The van der Waals surface area contributed by atoms with Crippen LogP contribution in [0.1, 0.15) is 11.7 Å². The average Bonchev–Trinajstić information content (AvgIpc) is 2.25. The van der Waals surface area contributed by atoms with E-state index in [9.17, 15) is 8.78 Å². The monoisotopic (exact) mass is 233 g/mol. The molecule has 0 radical (unpaired) electrons. The van der Waals surface area contributed by atoms with E-state index in [-0.39, 0.29) is 5.02 Å². The van der Waals surface area contributed by atoms with Crippen molar-refractivity contribution in [2.24, 2.45) is 0 Å². The molecule has 0 saturated carbocycles. The van der Waals surface area contributed by atoms with Crippen molar-refractivity contribution in [3.63, 3.8) is 0 Å². The summed E-state index contributed by atoms with van der Waals surface area (Å²) in [5.41, 5.74) is 0.300. The molecule has 0 spiro atoms. The molecule has 0 aromatic heterocycles. The molecule has 15 heavy (non-hydrogen) atoms. The lowest BCUT2D eigenvalue weighted by atomic mass is 10.1. The summed E-state index contributed by atoms with van der Waals surface area (Å²) in [6, 6.07) is 2.07. The van der Waals surface area contributed by atoms with E-state index in [1.165, 1.54) is 6.07 Å². The fourth-order valence-corrected chi connectivity index (χ4v) is 1.72. The molecule has 1 atom stereocenters. The van der Waals surface area contributed by atoms with Crippen LogP contribution in [0.25, 0.3) is 0 Å². The molecule has 0 amide bonds. The summed E-state index contributed by atoms with van der Waals surface area (Å²) in [5.74, 6) is -1.37. The third kappa shape index (κ3) is 2.27. The SMILES string of the molecule is Fc1cc(F)c(C2CNCCO2)cc1Cl. The Hall–Kier alpha value is -0.710. The van der Waals surface area contributed by atoms with Gasteiger partial charge in [-0.2, -0.15) is 0 Å². The average molecular weight is 234 g/mol. The molecule has 0 aliphatic carbocycles. The second-order valence-electron chi connectivity index (χ2n) is 3.35. The van der Waals surface area contributed by atoms with Crippen LogP contribution in [0.2, 0.25) is 5.02 Å². The van der Waals surface area contributed by atoms with Crippen molar-refractivity contribution in [2.45, 2.75) is 6.10 Å². The highest BCUT2D eigenvalue weighted by Gasteiger charge is 2.20. The van der Waals surface area contributed by atoms with Crippen molar-refractivity contribution in [3.05, 3.63) is 34.4 Å². The summed E-state index contributed by atoms with van der Waals surface area (Å²) in [5, 5.41) is 2.98. The summed E-state index contributed by atoms with van der Waals surface area (Å²) in [4.78, 5) is 0. The third-order valence-electron chi connectivity index (χ3n) is 2.31. The van der Waals surface area contributed by atoms with Gasteiger partial charge in [0.05, 0.1) is 17.7 Å². The fraction of sp³-hybridized carbons (Fsp3) is 0.400. The lowest BCUT2D eigenvalue weighted by Gasteiger charge is -2.24. The first-order valence-electron chi connectivity index (χ1n) is 4.65. The third-order valence-corrected chi connectivity index (χ3v) is 2.60. The highest BCUT2D eigenvalue weighted by atomic mass is 35.5. The van der Waals surface area contributed by atoms with Gasteiger partial charge in [-0.05, 0) is 6.07 Å². The number of nitrogens with one attached hydrogen (secondary N) is 1. The summed E-state index contributed by atoms with van der Waals surface area (Å²) in [6.07, 6.45) is -0.392. The van der Waals surface area contributed by atoms with Gasteiger partial charge in [-0.3, -0.25) is 0 Å². The van der Waals surface area contributed by atoms with Gasteiger partial charge in [-0.1, -0.05) is 11.6 Å². The van der Waals surface area contributed by atoms with Crippen molar-refractivity contribution in [2.75, 3.05) is 19.7 Å². The smallest absolute Gasteiger partial charge is 0.144 e.